The molecule has 3 unspecified atom stereocenters. The predicted molar refractivity (Wildman–Crippen MR) is 40.3 cm³/mol. The molecule has 0 spiro atoms. The second-order valence-electron chi connectivity index (χ2n) is 4.03. The van der Waals surface area contributed by atoms with E-state index in [4.69, 9.17) is 5.11 Å². The summed E-state index contributed by atoms with van der Waals surface area (Å²) >= 11 is 0. The maximum atomic E-state index is 10.8. The number of fused-ring (bicyclic) bond motifs is 2. The molecule has 2 saturated heterocycles. The van der Waals surface area contributed by atoms with Gasteiger partial charge in [-0.1, -0.05) is 6.92 Å². The van der Waals surface area contributed by atoms with Crippen LogP contribution in [0, 0.1) is 11.3 Å². The topological polar surface area (TPSA) is 40.5 Å². The molecule has 62 valence electrons. The zero-order chi connectivity index (χ0) is 8.06. The van der Waals surface area contributed by atoms with Gasteiger partial charge in [0.15, 0.2) is 0 Å². The minimum Gasteiger partial charge on any atom is -0.481 e. The first kappa shape index (κ1) is 7.10. The van der Waals surface area contributed by atoms with Crippen LogP contribution in [0.2, 0.25) is 0 Å². The van der Waals surface area contributed by atoms with Gasteiger partial charge in [-0.15, -0.1) is 0 Å². The van der Waals surface area contributed by atoms with E-state index in [1.807, 2.05) is 0 Å². The van der Waals surface area contributed by atoms with E-state index in [2.05, 4.69) is 11.8 Å². The van der Waals surface area contributed by atoms with E-state index in [1.54, 1.807) is 0 Å². The average molecular weight is 155 g/mol. The lowest BCUT2D eigenvalue weighted by atomic mass is 9.78. The van der Waals surface area contributed by atoms with Crippen molar-refractivity contribution in [2.45, 2.75) is 13.3 Å². The lowest BCUT2D eigenvalue weighted by Gasteiger charge is -2.26. The highest BCUT2D eigenvalue weighted by atomic mass is 16.4. The molecule has 3 heteroatoms. The van der Waals surface area contributed by atoms with Gasteiger partial charge in [-0.05, 0) is 18.4 Å². The molecular formula is C8H13NO2. The number of carboxylic acids is 1. The summed E-state index contributed by atoms with van der Waals surface area (Å²) in [6.07, 6.45) is 1.06. The highest BCUT2D eigenvalue weighted by molar-refractivity contribution is 5.72. The van der Waals surface area contributed by atoms with E-state index in [-0.39, 0.29) is 11.3 Å². The van der Waals surface area contributed by atoms with Gasteiger partial charge in [0.1, 0.15) is 0 Å². The smallest absolute Gasteiger partial charge is 0.308 e. The summed E-state index contributed by atoms with van der Waals surface area (Å²) in [5.74, 6) is -0.731. The summed E-state index contributed by atoms with van der Waals surface area (Å²) in [5, 5.41) is 8.87. The Labute approximate surface area is 66.0 Å². The quantitative estimate of drug-likeness (QED) is 0.596. The van der Waals surface area contributed by atoms with Crippen LogP contribution < -0.4 is 0 Å². The van der Waals surface area contributed by atoms with Crippen LogP contribution >= 0.6 is 0 Å². The molecule has 2 heterocycles. The molecule has 2 bridgehead atoms. The van der Waals surface area contributed by atoms with Crippen molar-refractivity contribution in [2.24, 2.45) is 11.3 Å². The summed E-state index contributed by atoms with van der Waals surface area (Å²) < 4.78 is 0. The molecule has 2 fully saturated rings. The van der Waals surface area contributed by atoms with Crippen molar-refractivity contribution in [1.29, 1.82) is 0 Å². The van der Waals surface area contributed by atoms with Gasteiger partial charge in [-0.3, -0.25) is 4.79 Å². The number of nitrogens with zero attached hydrogens (tertiary/aromatic N) is 1. The first-order valence-electron chi connectivity index (χ1n) is 4.07. The minimum atomic E-state index is -0.616. The fraction of sp³-hybridized carbons (Fsp3) is 0.875. The van der Waals surface area contributed by atoms with E-state index >= 15 is 0 Å². The second kappa shape index (κ2) is 1.97. The first-order chi connectivity index (χ1) is 5.12. The fourth-order valence-corrected chi connectivity index (χ4v) is 2.38. The number of piperidine rings is 1. The lowest BCUT2D eigenvalue weighted by molar-refractivity contribution is -0.145. The van der Waals surface area contributed by atoms with E-state index in [0.717, 1.165) is 26.1 Å². The van der Waals surface area contributed by atoms with E-state index in [1.165, 1.54) is 0 Å². The number of carboxylic acid groups (broad SMARTS) is 1. The van der Waals surface area contributed by atoms with Crippen LogP contribution in [0.5, 0.6) is 0 Å². The van der Waals surface area contributed by atoms with Crippen LogP contribution in [0.25, 0.3) is 0 Å². The Balaban J connectivity index is 2.21. The van der Waals surface area contributed by atoms with Crippen molar-refractivity contribution in [1.82, 2.24) is 4.90 Å². The molecule has 0 saturated carbocycles. The zero-order valence-electron chi connectivity index (χ0n) is 6.71. The molecule has 3 nitrogen and oxygen atoms in total. The average Bonchev–Trinajstić information content (AvgIpc) is 2.41. The highest BCUT2D eigenvalue weighted by Gasteiger charge is 2.50. The Hall–Kier alpha value is -0.570. The number of aliphatic carboxylic acids is 1. The molecule has 1 N–H and O–H groups in total. The Morgan fingerprint density at radius 1 is 1.73 bits per heavy atom. The largest absolute Gasteiger partial charge is 0.481 e. The number of carbonyl (C=O) groups is 1. The Morgan fingerprint density at radius 3 is 2.73 bits per heavy atom. The van der Waals surface area contributed by atoms with Gasteiger partial charge >= 0.3 is 5.97 Å². The molecule has 3 atom stereocenters. The van der Waals surface area contributed by atoms with Crippen LogP contribution in [-0.4, -0.2) is 35.6 Å². The SMILES string of the molecule is CC12CCN(CC1C(=O)O)C2. The van der Waals surface area contributed by atoms with Gasteiger partial charge < -0.3 is 10.0 Å². The number of hydrogen-bond acceptors (Lipinski definition) is 2. The summed E-state index contributed by atoms with van der Waals surface area (Å²) in [4.78, 5) is 13.0. The van der Waals surface area contributed by atoms with E-state index in [0.29, 0.717) is 0 Å². The van der Waals surface area contributed by atoms with Gasteiger partial charge in [0.25, 0.3) is 0 Å². The maximum absolute atomic E-state index is 10.8. The lowest BCUT2D eigenvalue weighted by Crippen LogP contribution is -2.34. The van der Waals surface area contributed by atoms with Crippen LogP contribution in [0.3, 0.4) is 0 Å². The second-order valence-corrected chi connectivity index (χ2v) is 4.03. The predicted octanol–water partition coefficient (Wildman–Crippen LogP) is 0.413. The van der Waals surface area contributed by atoms with Crippen LogP contribution in [0.15, 0.2) is 0 Å². The van der Waals surface area contributed by atoms with Gasteiger partial charge in [0.2, 0.25) is 0 Å². The van der Waals surface area contributed by atoms with Crippen molar-refractivity contribution in [3.05, 3.63) is 0 Å². The normalized spacial score (nSPS) is 48.1. The fourth-order valence-electron chi connectivity index (χ4n) is 2.38. The highest BCUT2D eigenvalue weighted by Crippen LogP contribution is 2.44. The zero-order valence-corrected chi connectivity index (χ0v) is 6.71. The van der Waals surface area contributed by atoms with Gasteiger partial charge in [-0.25, -0.2) is 0 Å². The van der Waals surface area contributed by atoms with Crippen molar-refractivity contribution < 1.29 is 9.90 Å². The van der Waals surface area contributed by atoms with E-state index in [9.17, 15) is 4.79 Å². The molecule has 11 heavy (non-hydrogen) atoms. The number of hydrogen-bond donors (Lipinski definition) is 1. The molecular weight excluding hydrogens is 142 g/mol. The Morgan fingerprint density at radius 2 is 2.45 bits per heavy atom. The summed E-state index contributed by atoms with van der Waals surface area (Å²) in [6, 6.07) is 0. The molecule has 0 amide bonds. The number of rotatable bonds is 1. The van der Waals surface area contributed by atoms with Crippen molar-refractivity contribution in [3.63, 3.8) is 0 Å². The van der Waals surface area contributed by atoms with Crippen molar-refractivity contribution in [2.75, 3.05) is 19.6 Å². The standard InChI is InChI=1S/C8H13NO2/c1-8-2-3-9(5-8)4-6(8)7(10)11/h6H,2-5H2,1H3,(H,10,11). The third-order valence-electron chi connectivity index (χ3n) is 3.16. The molecule has 2 aliphatic heterocycles. The van der Waals surface area contributed by atoms with Crippen molar-refractivity contribution >= 4 is 5.97 Å². The summed E-state index contributed by atoms with van der Waals surface area (Å²) in [5.41, 5.74) is 0.0752. The molecule has 2 aliphatic rings. The van der Waals surface area contributed by atoms with Crippen LogP contribution in [0.4, 0.5) is 0 Å². The molecule has 0 aromatic rings. The Kier molecular flexibility index (Phi) is 1.27. The molecule has 2 rings (SSSR count). The minimum absolute atomic E-state index is 0.0752. The third-order valence-corrected chi connectivity index (χ3v) is 3.16. The summed E-state index contributed by atoms with van der Waals surface area (Å²) in [7, 11) is 0. The van der Waals surface area contributed by atoms with Gasteiger partial charge in [0, 0.05) is 13.1 Å². The maximum Gasteiger partial charge on any atom is 0.308 e. The van der Waals surface area contributed by atoms with Crippen molar-refractivity contribution in [3.8, 4) is 0 Å². The molecule has 0 radical (unpaired) electrons. The third kappa shape index (κ3) is 0.872. The van der Waals surface area contributed by atoms with Crippen LogP contribution in [-0.2, 0) is 4.79 Å². The molecule has 0 aromatic carbocycles. The molecule has 0 aromatic heterocycles. The van der Waals surface area contributed by atoms with Crippen LogP contribution in [0.1, 0.15) is 13.3 Å². The first-order valence-corrected chi connectivity index (χ1v) is 4.07. The Bertz CT molecular complexity index is 204. The van der Waals surface area contributed by atoms with E-state index < -0.39 is 5.97 Å². The van der Waals surface area contributed by atoms with Gasteiger partial charge in [0.05, 0.1) is 5.92 Å². The summed E-state index contributed by atoms with van der Waals surface area (Å²) in [6.45, 7) is 4.95. The monoisotopic (exact) mass is 155 g/mol. The molecule has 0 aliphatic carbocycles. The van der Waals surface area contributed by atoms with Gasteiger partial charge in [-0.2, -0.15) is 0 Å².